The van der Waals surface area contributed by atoms with E-state index in [9.17, 15) is 0 Å². The number of aromatic nitrogens is 1. The third-order valence-electron chi connectivity index (χ3n) is 16.3. The van der Waals surface area contributed by atoms with E-state index < -0.39 is 0 Å². The number of para-hydroxylation sites is 1. The van der Waals surface area contributed by atoms with Gasteiger partial charge in [-0.05, 0) is 168 Å². The van der Waals surface area contributed by atoms with Gasteiger partial charge in [0.25, 0.3) is 0 Å². The maximum atomic E-state index is 4.78. The van der Waals surface area contributed by atoms with Gasteiger partial charge in [-0.1, -0.05) is 202 Å². The molecule has 3 aliphatic carbocycles. The summed E-state index contributed by atoms with van der Waals surface area (Å²) in [5, 5.41) is 7.65. The number of aryl methyl sites for hydroxylation is 1. The largest absolute Gasteiger partial charge is 0.310 e. The Kier molecular flexibility index (Phi) is 10.1. The molecule has 1 aromatic heterocycles. The van der Waals surface area contributed by atoms with Crippen LogP contribution in [-0.2, 0) is 11.8 Å². The van der Waals surface area contributed by atoms with E-state index in [0.717, 1.165) is 51.4 Å². The minimum Gasteiger partial charge on any atom is -0.310 e. The molecule has 0 radical (unpaired) electrons. The maximum absolute atomic E-state index is 4.78. The number of benzene rings is 10. The molecule has 14 rings (SSSR count). The lowest BCUT2D eigenvalue weighted by Crippen LogP contribution is -2.22. The number of fused-ring (bicyclic) bond motifs is 17. The number of allylic oxidation sites excluding steroid dienone is 7. The van der Waals surface area contributed by atoms with Crippen molar-refractivity contribution in [3.63, 3.8) is 0 Å². The van der Waals surface area contributed by atoms with Gasteiger partial charge in [0.15, 0.2) is 0 Å². The Balaban J connectivity index is 1.00. The summed E-state index contributed by atoms with van der Waals surface area (Å²) in [4.78, 5) is 2.48. The fourth-order valence-electron chi connectivity index (χ4n) is 12.8. The molecule has 0 bridgehead atoms. The molecule has 0 aliphatic heterocycles. The van der Waals surface area contributed by atoms with Crippen LogP contribution in [0.3, 0.4) is 0 Å². The minimum absolute atomic E-state index is 0.180. The standard InChI is InChI=1S/C72H54N2/c1-46-19-18-23-49(41-46)74-70-32-17-16-31-63(70)64-38-35-52(44-71(64)74)73(50-33-36-60-55-26-11-10-25-54(55)53-24-9-8-22-48(53)21-7-5-6-20-47(2)65(60)42-50)51-34-37-62-67-45-66-59-30-15-14-28-57(59)56-27-12-13-29-58(56)61(66)39-40-68(67)72(3,4)69(62)43-51/h5-20,22-45,68H,2,21H2,1,3-4H3/b7-5-,20-6-. The average Bonchev–Trinajstić information content (AvgIpc) is 3.75. The van der Waals surface area contributed by atoms with E-state index in [1.54, 1.807) is 0 Å². The molecule has 0 saturated carbocycles. The van der Waals surface area contributed by atoms with Crippen molar-refractivity contribution in [3.05, 3.63) is 276 Å². The molecule has 2 nitrogen and oxygen atoms in total. The minimum atomic E-state index is -0.207. The molecule has 0 fully saturated rings. The molecule has 74 heavy (non-hydrogen) atoms. The molecule has 1 heterocycles. The van der Waals surface area contributed by atoms with Crippen LogP contribution in [0.15, 0.2) is 237 Å². The van der Waals surface area contributed by atoms with Crippen molar-refractivity contribution in [1.82, 2.24) is 4.57 Å². The highest BCUT2D eigenvalue weighted by Gasteiger charge is 2.43. The first-order valence-electron chi connectivity index (χ1n) is 26.0. The van der Waals surface area contributed by atoms with Crippen molar-refractivity contribution in [2.45, 2.75) is 32.6 Å². The number of hydrogen-bond acceptors (Lipinski definition) is 1. The van der Waals surface area contributed by atoms with E-state index >= 15 is 0 Å². The zero-order valence-electron chi connectivity index (χ0n) is 42.0. The van der Waals surface area contributed by atoms with Gasteiger partial charge in [-0.2, -0.15) is 0 Å². The van der Waals surface area contributed by atoms with E-state index in [4.69, 9.17) is 6.58 Å². The second-order valence-electron chi connectivity index (χ2n) is 21.0. The van der Waals surface area contributed by atoms with E-state index in [1.807, 2.05) is 0 Å². The number of rotatable bonds is 4. The Bertz CT molecular complexity index is 4300. The summed E-state index contributed by atoms with van der Waals surface area (Å²) in [6.07, 6.45) is 17.0. The summed E-state index contributed by atoms with van der Waals surface area (Å²) in [6, 6.07) is 74.6. The zero-order valence-corrected chi connectivity index (χ0v) is 42.0. The summed E-state index contributed by atoms with van der Waals surface area (Å²) >= 11 is 0. The van der Waals surface area contributed by atoms with Gasteiger partial charge in [-0.15, -0.1) is 0 Å². The van der Waals surface area contributed by atoms with Gasteiger partial charge in [0.1, 0.15) is 0 Å². The van der Waals surface area contributed by atoms with Crippen LogP contribution in [0.5, 0.6) is 0 Å². The van der Waals surface area contributed by atoms with E-state index in [0.29, 0.717) is 0 Å². The summed E-state index contributed by atoms with van der Waals surface area (Å²) in [7, 11) is 0. The van der Waals surface area contributed by atoms with Crippen LogP contribution in [0.1, 0.15) is 52.8 Å². The lowest BCUT2D eigenvalue weighted by Gasteiger charge is -2.30. The lowest BCUT2D eigenvalue weighted by molar-refractivity contribution is 0.479. The van der Waals surface area contributed by atoms with Crippen molar-refractivity contribution < 1.29 is 0 Å². The first kappa shape index (κ1) is 43.8. The predicted molar refractivity (Wildman–Crippen MR) is 317 cm³/mol. The number of hydrogen-bond donors (Lipinski definition) is 0. The molecule has 3 aliphatic rings. The third kappa shape index (κ3) is 6.86. The second kappa shape index (κ2) is 17.1. The van der Waals surface area contributed by atoms with Crippen LogP contribution < -0.4 is 4.90 Å². The first-order valence-corrected chi connectivity index (χ1v) is 26.0. The molecule has 352 valence electrons. The Labute approximate surface area is 433 Å². The highest BCUT2D eigenvalue weighted by molar-refractivity contribution is 6.17. The Morgan fingerprint density at radius 1 is 0.486 bits per heavy atom. The number of anilines is 3. The van der Waals surface area contributed by atoms with Gasteiger partial charge in [0.2, 0.25) is 0 Å². The smallest absolute Gasteiger partial charge is 0.0561 e. The molecule has 0 saturated heterocycles. The van der Waals surface area contributed by atoms with Crippen LogP contribution >= 0.6 is 0 Å². The molecule has 0 N–H and O–H groups in total. The van der Waals surface area contributed by atoms with Crippen molar-refractivity contribution >= 4 is 83.7 Å². The van der Waals surface area contributed by atoms with Crippen molar-refractivity contribution in [2.75, 3.05) is 4.90 Å². The average molecular weight is 947 g/mol. The van der Waals surface area contributed by atoms with Gasteiger partial charge in [0.05, 0.1) is 11.0 Å². The van der Waals surface area contributed by atoms with E-state index in [1.165, 1.54) is 93.5 Å². The molecular formula is C72H54N2. The Morgan fingerprint density at radius 3 is 1.88 bits per heavy atom. The fourth-order valence-corrected chi connectivity index (χ4v) is 12.8. The molecule has 2 heteroatoms. The third-order valence-corrected chi connectivity index (χ3v) is 16.3. The SMILES string of the molecule is C=C1/C=C\C=C/Cc2ccccc2-c2ccccc2-c2ccc(N(c3ccc4c(c3)C(C)(C)C3C=Cc5c(c6ccccc6c6ccccc56)C=C43)c3ccc4c5ccccc5n(-c5cccc(C)c5)c4c3)cc21. The normalized spacial score (nSPS) is 16.2. The van der Waals surface area contributed by atoms with Gasteiger partial charge in [0, 0.05) is 44.9 Å². The topological polar surface area (TPSA) is 8.17 Å². The Morgan fingerprint density at radius 2 is 1.09 bits per heavy atom. The van der Waals surface area contributed by atoms with Gasteiger partial charge >= 0.3 is 0 Å². The lowest BCUT2D eigenvalue weighted by atomic mass is 9.77. The van der Waals surface area contributed by atoms with Gasteiger partial charge in [-0.3, -0.25) is 0 Å². The first-order chi connectivity index (χ1) is 36.3. The summed E-state index contributed by atoms with van der Waals surface area (Å²) < 4.78 is 2.44. The second-order valence-corrected chi connectivity index (χ2v) is 21.0. The van der Waals surface area contributed by atoms with Crippen LogP contribution in [-0.4, -0.2) is 4.57 Å². The van der Waals surface area contributed by atoms with Crippen LogP contribution in [0.2, 0.25) is 0 Å². The summed E-state index contributed by atoms with van der Waals surface area (Å²) in [6.45, 7) is 11.8. The molecule has 11 aromatic rings. The highest BCUT2D eigenvalue weighted by atomic mass is 15.1. The van der Waals surface area contributed by atoms with Gasteiger partial charge < -0.3 is 9.47 Å². The zero-order chi connectivity index (χ0) is 49.7. The van der Waals surface area contributed by atoms with Gasteiger partial charge in [-0.25, -0.2) is 0 Å². The molecule has 10 aromatic carbocycles. The van der Waals surface area contributed by atoms with Crippen molar-refractivity contribution in [3.8, 4) is 27.9 Å². The molecule has 0 amide bonds. The maximum Gasteiger partial charge on any atom is 0.0561 e. The van der Waals surface area contributed by atoms with Crippen LogP contribution in [0.25, 0.3) is 94.6 Å². The van der Waals surface area contributed by atoms with Crippen molar-refractivity contribution in [1.29, 1.82) is 0 Å². The van der Waals surface area contributed by atoms with Crippen LogP contribution in [0, 0.1) is 12.8 Å². The molecule has 1 atom stereocenters. The summed E-state index contributed by atoms with van der Waals surface area (Å²) in [5.74, 6) is 0.180. The molecule has 0 spiro atoms. The molecular weight excluding hydrogens is 893 g/mol. The Hall–Kier alpha value is -8.98. The quantitative estimate of drug-likeness (QED) is 0.160. The number of nitrogens with zero attached hydrogens (tertiary/aromatic N) is 2. The van der Waals surface area contributed by atoms with Crippen molar-refractivity contribution in [2.24, 2.45) is 5.92 Å². The predicted octanol–water partition coefficient (Wildman–Crippen LogP) is 19.4. The van der Waals surface area contributed by atoms with Crippen LogP contribution in [0.4, 0.5) is 17.1 Å². The van der Waals surface area contributed by atoms with E-state index in [2.05, 4.69) is 273 Å². The fraction of sp³-hybridized carbons (Fsp3) is 0.0833. The summed E-state index contributed by atoms with van der Waals surface area (Å²) in [5.41, 5.74) is 22.6. The van der Waals surface area contributed by atoms with E-state index in [-0.39, 0.29) is 11.3 Å². The molecule has 1 unspecified atom stereocenters. The monoisotopic (exact) mass is 946 g/mol. The highest BCUT2D eigenvalue weighted by Crippen LogP contribution is 2.55.